The molecule has 0 saturated carbocycles. The average molecular weight is 413 g/mol. The maximum Gasteiger partial charge on any atom is 0.200 e. The van der Waals surface area contributed by atoms with Gasteiger partial charge in [0, 0.05) is 31.6 Å². The van der Waals surface area contributed by atoms with Crippen LogP contribution in [0.25, 0.3) is 6.08 Å². The molecule has 0 radical (unpaired) electrons. The van der Waals surface area contributed by atoms with Crippen LogP contribution < -0.4 is 4.74 Å². The fourth-order valence-corrected chi connectivity index (χ4v) is 4.31. The topological polar surface area (TPSA) is 26.3 Å². The van der Waals surface area contributed by atoms with Gasteiger partial charge in [-0.2, -0.15) is 0 Å². The lowest BCUT2D eigenvalue weighted by Crippen LogP contribution is -1.98. The van der Waals surface area contributed by atoms with E-state index in [1.165, 1.54) is 11.8 Å². The minimum atomic E-state index is 0.0474. The highest BCUT2D eigenvalue weighted by molar-refractivity contribution is 8.04. The van der Waals surface area contributed by atoms with E-state index in [1.54, 1.807) is 12.1 Å². The SMILES string of the molecule is O=C1/C(=C/c2ccccc2OCc2ccc(Cl)cc2Cl)Sc2ccccc21. The number of benzene rings is 3. The first-order chi connectivity index (χ1) is 13.1. The third-order valence-electron chi connectivity index (χ3n) is 4.18. The van der Waals surface area contributed by atoms with Gasteiger partial charge in [-0.3, -0.25) is 4.79 Å². The average Bonchev–Trinajstić information content (AvgIpc) is 2.98. The number of hydrogen-bond acceptors (Lipinski definition) is 3. The number of ketones is 1. The second kappa shape index (κ2) is 7.81. The van der Waals surface area contributed by atoms with Crippen molar-refractivity contribution < 1.29 is 9.53 Å². The van der Waals surface area contributed by atoms with Gasteiger partial charge in [-0.25, -0.2) is 0 Å². The van der Waals surface area contributed by atoms with E-state index in [0.29, 0.717) is 27.3 Å². The molecule has 3 aromatic carbocycles. The summed E-state index contributed by atoms with van der Waals surface area (Å²) in [6.45, 7) is 0.317. The van der Waals surface area contributed by atoms with Crippen LogP contribution in [0, 0.1) is 0 Å². The molecule has 2 nitrogen and oxygen atoms in total. The Labute approximate surface area is 171 Å². The van der Waals surface area contributed by atoms with Crippen molar-refractivity contribution >= 4 is 46.8 Å². The molecule has 1 aliphatic rings. The van der Waals surface area contributed by atoms with Crippen molar-refractivity contribution in [1.29, 1.82) is 0 Å². The summed E-state index contributed by atoms with van der Waals surface area (Å²) in [7, 11) is 0. The number of hydrogen-bond donors (Lipinski definition) is 0. The highest BCUT2D eigenvalue weighted by Gasteiger charge is 2.25. The summed E-state index contributed by atoms with van der Waals surface area (Å²) in [4.78, 5) is 14.3. The fourth-order valence-electron chi connectivity index (χ4n) is 2.80. The van der Waals surface area contributed by atoms with Crippen molar-refractivity contribution in [2.45, 2.75) is 11.5 Å². The van der Waals surface area contributed by atoms with Gasteiger partial charge >= 0.3 is 0 Å². The summed E-state index contributed by atoms with van der Waals surface area (Å²) in [5.74, 6) is 0.742. The third-order valence-corrected chi connectivity index (χ3v) is 5.87. The van der Waals surface area contributed by atoms with Crippen molar-refractivity contribution in [2.24, 2.45) is 0 Å². The number of para-hydroxylation sites is 1. The van der Waals surface area contributed by atoms with Crippen LogP contribution in [0.3, 0.4) is 0 Å². The van der Waals surface area contributed by atoms with Crippen molar-refractivity contribution in [3.8, 4) is 5.75 Å². The Morgan fingerprint density at radius 3 is 2.56 bits per heavy atom. The number of thioether (sulfide) groups is 1. The lowest BCUT2D eigenvalue weighted by molar-refractivity contribution is 0.104. The van der Waals surface area contributed by atoms with Gasteiger partial charge in [0.25, 0.3) is 0 Å². The largest absolute Gasteiger partial charge is 0.488 e. The Morgan fingerprint density at radius 2 is 1.74 bits per heavy atom. The highest BCUT2D eigenvalue weighted by Crippen LogP contribution is 2.41. The predicted octanol–water partition coefficient (Wildman–Crippen LogP) is 6.90. The van der Waals surface area contributed by atoms with E-state index in [4.69, 9.17) is 27.9 Å². The monoisotopic (exact) mass is 412 g/mol. The van der Waals surface area contributed by atoms with E-state index in [-0.39, 0.29) is 5.78 Å². The number of ether oxygens (including phenoxy) is 1. The van der Waals surface area contributed by atoms with Crippen molar-refractivity contribution in [1.82, 2.24) is 0 Å². The predicted molar refractivity (Wildman–Crippen MR) is 112 cm³/mol. The lowest BCUT2D eigenvalue weighted by atomic mass is 10.1. The molecule has 0 saturated heterocycles. The van der Waals surface area contributed by atoms with Crippen LogP contribution in [-0.2, 0) is 6.61 Å². The Bertz CT molecular complexity index is 1060. The summed E-state index contributed by atoms with van der Waals surface area (Å²) < 4.78 is 5.97. The maximum absolute atomic E-state index is 12.6. The first kappa shape index (κ1) is 18.2. The molecular formula is C22H14Cl2O2S. The van der Waals surface area contributed by atoms with Crippen LogP contribution in [0.2, 0.25) is 10.0 Å². The van der Waals surface area contributed by atoms with E-state index >= 15 is 0 Å². The number of rotatable bonds is 4. The molecule has 0 aromatic heterocycles. The minimum Gasteiger partial charge on any atom is -0.488 e. The van der Waals surface area contributed by atoms with Crippen LogP contribution in [-0.4, -0.2) is 5.78 Å². The quantitative estimate of drug-likeness (QED) is 0.435. The smallest absolute Gasteiger partial charge is 0.200 e. The normalized spacial score (nSPS) is 14.4. The number of carbonyl (C=O) groups is 1. The fraction of sp³-hybridized carbons (Fsp3) is 0.0455. The van der Waals surface area contributed by atoms with Crippen LogP contribution >= 0.6 is 35.0 Å². The van der Waals surface area contributed by atoms with Gasteiger partial charge in [0.1, 0.15) is 12.4 Å². The third kappa shape index (κ3) is 3.91. The number of allylic oxidation sites excluding steroid dienone is 1. The van der Waals surface area contributed by atoms with Crippen molar-refractivity contribution in [3.05, 3.63) is 98.4 Å². The lowest BCUT2D eigenvalue weighted by Gasteiger charge is -2.11. The Morgan fingerprint density at radius 1 is 0.963 bits per heavy atom. The molecule has 0 N–H and O–H groups in total. The molecule has 1 aliphatic heterocycles. The first-order valence-electron chi connectivity index (χ1n) is 8.31. The summed E-state index contributed by atoms with van der Waals surface area (Å²) in [6.07, 6.45) is 1.88. The van der Waals surface area contributed by atoms with Gasteiger partial charge in [-0.15, -0.1) is 0 Å². The molecule has 27 heavy (non-hydrogen) atoms. The first-order valence-corrected chi connectivity index (χ1v) is 9.88. The maximum atomic E-state index is 12.6. The molecule has 5 heteroatoms. The summed E-state index contributed by atoms with van der Waals surface area (Å²) in [6, 6.07) is 20.6. The van der Waals surface area contributed by atoms with Gasteiger partial charge in [0.2, 0.25) is 5.78 Å². The Hall–Kier alpha value is -2.20. The van der Waals surface area contributed by atoms with Gasteiger partial charge in [-0.1, -0.05) is 71.4 Å². The Balaban J connectivity index is 1.58. The molecule has 0 aliphatic carbocycles. The number of Topliss-reactive ketones (excluding diaryl/α,β-unsaturated/α-hetero) is 1. The van der Waals surface area contributed by atoms with Crippen LogP contribution in [0.1, 0.15) is 21.5 Å². The minimum absolute atomic E-state index is 0.0474. The summed E-state index contributed by atoms with van der Waals surface area (Å²) >= 11 is 13.6. The molecule has 1 heterocycles. The summed E-state index contributed by atoms with van der Waals surface area (Å²) in [5, 5.41) is 1.15. The number of carbonyl (C=O) groups excluding carboxylic acids is 1. The van der Waals surface area contributed by atoms with Gasteiger partial charge in [0.15, 0.2) is 0 Å². The number of halogens is 2. The zero-order valence-electron chi connectivity index (χ0n) is 14.1. The van der Waals surface area contributed by atoms with E-state index in [0.717, 1.165) is 21.6 Å². The molecule has 0 fully saturated rings. The van der Waals surface area contributed by atoms with Gasteiger partial charge in [-0.05, 0) is 36.4 Å². The summed E-state index contributed by atoms with van der Waals surface area (Å²) in [5.41, 5.74) is 2.45. The van der Waals surface area contributed by atoms with Gasteiger partial charge < -0.3 is 4.74 Å². The van der Waals surface area contributed by atoms with E-state index < -0.39 is 0 Å². The number of fused-ring (bicyclic) bond motifs is 1. The molecule has 4 rings (SSSR count). The molecule has 0 atom stereocenters. The zero-order valence-corrected chi connectivity index (χ0v) is 16.4. The second-order valence-corrected chi connectivity index (χ2v) is 7.93. The molecular weight excluding hydrogens is 399 g/mol. The van der Waals surface area contributed by atoms with Gasteiger partial charge in [0.05, 0.1) is 4.91 Å². The molecule has 0 spiro atoms. The zero-order chi connectivity index (χ0) is 18.8. The van der Waals surface area contributed by atoms with E-state index in [1.807, 2.05) is 60.7 Å². The molecule has 3 aromatic rings. The van der Waals surface area contributed by atoms with Crippen molar-refractivity contribution in [2.75, 3.05) is 0 Å². The van der Waals surface area contributed by atoms with Crippen LogP contribution in [0.5, 0.6) is 5.75 Å². The van der Waals surface area contributed by atoms with E-state index in [2.05, 4.69) is 0 Å². The molecule has 0 bridgehead atoms. The van der Waals surface area contributed by atoms with Crippen LogP contribution in [0.4, 0.5) is 0 Å². The van der Waals surface area contributed by atoms with Crippen molar-refractivity contribution in [3.63, 3.8) is 0 Å². The standard InChI is InChI=1S/C22H14Cl2O2S/c23-16-10-9-15(18(24)12-16)13-26-19-7-3-1-5-14(19)11-21-22(25)17-6-2-4-8-20(17)27-21/h1-12H,13H2/b21-11-. The molecule has 134 valence electrons. The highest BCUT2D eigenvalue weighted by atomic mass is 35.5. The second-order valence-electron chi connectivity index (χ2n) is 6.00. The Kier molecular flexibility index (Phi) is 5.26. The van der Waals surface area contributed by atoms with E-state index in [9.17, 15) is 4.79 Å². The molecule has 0 unspecified atom stereocenters. The van der Waals surface area contributed by atoms with Crippen LogP contribution in [0.15, 0.2) is 76.5 Å². The molecule has 0 amide bonds.